The van der Waals surface area contributed by atoms with Crippen LogP contribution in [0.25, 0.3) is 5.57 Å². The Morgan fingerprint density at radius 2 is 1.59 bits per heavy atom. The van der Waals surface area contributed by atoms with Crippen LogP contribution in [0.15, 0.2) is 72.4 Å². The molecule has 0 aliphatic carbocycles. The van der Waals surface area contributed by atoms with Gasteiger partial charge in [-0.05, 0) is 73.9 Å². The third-order valence-corrected chi connectivity index (χ3v) is 5.35. The van der Waals surface area contributed by atoms with Gasteiger partial charge in [-0.15, -0.1) is 0 Å². The zero-order valence-electron chi connectivity index (χ0n) is 18.1. The molecule has 6 heteroatoms. The van der Waals surface area contributed by atoms with Crippen molar-refractivity contribution < 1.29 is 14.3 Å². The largest absolute Gasteiger partial charge is 0.494 e. The summed E-state index contributed by atoms with van der Waals surface area (Å²) in [6.45, 7) is 6.31. The lowest BCUT2D eigenvalue weighted by molar-refractivity contribution is -0.120. The predicted octanol–water partition coefficient (Wildman–Crippen LogP) is 5.75. The molecular weight excluding hydrogens is 424 g/mol. The quantitative estimate of drug-likeness (QED) is 0.489. The number of anilines is 2. The number of amides is 2. The number of rotatable bonds is 6. The van der Waals surface area contributed by atoms with Crippen molar-refractivity contribution in [3.05, 3.63) is 94.1 Å². The summed E-state index contributed by atoms with van der Waals surface area (Å²) in [6, 6.07) is 19.9. The van der Waals surface area contributed by atoms with Crippen LogP contribution in [0, 0.1) is 13.8 Å². The number of nitrogens with one attached hydrogen (secondary N) is 1. The Balaban J connectivity index is 1.81. The Hall–Kier alpha value is -3.57. The highest BCUT2D eigenvalue weighted by atomic mass is 35.5. The highest BCUT2D eigenvalue weighted by Gasteiger charge is 2.40. The van der Waals surface area contributed by atoms with Crippen LogP contribution in [0.4, 0.5) is 11.4 Å². The maximum absolute atomic E-state index is 13.5. The fraction of sp³-hybridized carbons (Fsp3) is 0.154. The van der Waals surface area contributed by atoms with E-state index in [1.165, 1.54) is 4.90 Å². The van der Waals surface area contributed by atoms with Crippen LogP contribution in [-0.4, -0.2) is 18.4 Å². The predicted molar refractivity (Wildman–Crippen MR) is 128 cm³/mol. The summed E-state index contributed by atoms with van der Waals surface area (Å²) in [7, 11) is 0. The number of hydrogen-bond acceptors (Lipinski definition) is 4. The average Bonchev–Trinajstić information content (AvgIpc) is 2.98. The van der Waals surface area contributed by atoms with Crippen molar-refractivity contribution in [1.29, 1.82) is 0 Å². The highest BCUT2D eigenvalue weighted by Crippen LogP contribution is 2.35. The van der Waals surface area contributed by atoms with Gasteiger partial charge in [-0.1, -0.05) is 35.9 Å². The van der Waals surface area contributed by atoms with Gasteiger partial charge < -0.3 is 10.1 Å². The first kappa shape index (κ1) is 21.7. The maximum Gasteiger partial charge on any atom is 0.282 e. The van der Waals surface area contributed by atoms with E-state index in [1.807, 2.05) is 57.2 Å². The van der Waals surface area contributed by atoms with Crippen molar-refractivity contribution in [3.8, 4) is 5.75 Å². The van der Waals surface area contributed by atoms with Crippen LogP contribution in [-0.2, 0) is 9.59 Å². The van der Waals surface area contributed by atoms with E-state index in [0.29, 0.717) is 39.9 Å². The lowest BCUT2D eigenvalue weighted by atomic mass is 10.0. The van der Waals surface area contributed by atoms with Crippen molar-refractivity contribution in [2.45, 2.75) is 20.8 Å². The third kappa shape index (κ3) is 4.25. The van der Waals surface area contributed by atoms with E-state index < -0.39 is 5.91 Å². The van der Waals surface area contributed by atoms with Gasteiger partial charge in [-0.25, -0.2) is 4.90 Å². The minimum absolute atomic E-state index is 0.213. The van der Waals surface area contributed by atoms with E-state index in [0.717, 1.165) is 11.1 Å². The number of carbonyl (C=O) groups excluding carboxylic acids is 2. The molecule has 0 fully saturated rings. The average molecular weight is 447 g/mol. The second kappa shape index (κ2) is 8.89. The molecule has 162 valence electrons. The van der Waals surface area contributed by atoms with E-state index in [2.05, 4.69) is 5.32 Å². The third-order valence-electron chi connectivity index (χ3n) is 5.10. The van der Waals surface area contributed by atoms with Crippen LogP contribution in [0.5, 0.6) is 5.75 Å². The van der Waals surface area contributed by atoms with Crippen LogP contribution < -0.4 is 15.0 Å². The van der Waals surface area contributed by atoms with Crippen LogP contribution in [0.3, 0.4) is 0 Å². The van der Waals surface area contributed by atoms with E-state index in [-0.39, 0.29) is 11.6 Å². The van der Waals surface area contributed by atoms with Gasteiger partial charge in [-0.2, -0.15) is 0 Å². The van der Waals surface area contributed by atoms with E-state index in [4.69, 9.17) is 16.3 Å². The molecule has 0 aromatic heterocycles. The molecule has 3 aromatic carbocycles. The van der Waals surface area contributed by atoms with Crippen molar-refractivity contribution >= 4 is 40.4 Å². The molecule has 4 rings (SSSR count). The molecule has 1 N–H and O–H groups in total. The molecule has 1 heterocycles. The lowest BCUT2D eigenvalue weighted by Gasteiger charge is -2.17. The van der Waals surface area contributed by atoms with Crippen molar-refractivity contribution in [3.63, 3.8) is 0 Å². The van der Waals surface area contributed by atoms with Gasteiger partial charge in [0.25, 0.3) is 11.8 Å². The topological polar surface area (TPSA) is 58.6 Å². The summed E-state index contributed by atoms with van der Waals surface area (Å²) >= 11 is 6.05. The lowest BCUT2D eigenvalue weighted by Crippen LogP contribution is -2.32. The number of halogens is 1. The Morgan fingerprint density at radius 1 is 0.906 bits per heavy atom. The summed E-state index contributed by atoms with van der Waals surface area (Å²) in [4.78, 5) is 28.3. The van der Waals surface area contributed by atoms with Gasteiger partial charge in [0.15, 0.2) is 0 Å². The van der Waals surface area contributed by atoms with Gasteiger partial charge in [-0.3, -0.25) is 9.59 Å². The number of ether oxygens (including phenoxy) is 1. The molecule has 2 amide bonds. The molecule has 3 aromatic rings. The van der Waals surface area contributed by atoms with E-state index in [9.17, 15) is 9.59 Å². The minimum atomic E-state index is -0.410. The number of benzene rings is 3. The summed E-state index contributed by atoms with van der Waals surface area (Å²) in [5.74, 6) is -0.119. The number of carbonyl (C=O) groups is 2. The summed E-state index contributed by atoms with van der Waals surface area (Å²) in [6.07, 6.45) is 0. The smallest absolute Gasteiger partial charge is 0.282 e. The molecule has 0 unspecified atom stereocenters. The van der Waals surface area contributed by atoms with Crippen LogP contribution in [0.1, 0.15) is 23.6 Å². The standard InChI is InChI=1S/C26H23ClN2O3/c1-4-32-22-7-5-6-20(15-22)28-24-23(18-8-10-19(27)11-9-18)25(30)29(26(24)31)21-13-16(2)12-17(3)14-21/h5-15,28H,4H2,1-3H3. The molecule has 0 saturated carbocycles. The summed E-state index contributed by atoms with van der Waals surface area (Å²) < 4.78 is 5.57. The fourth-order valence-electron chi connectivity index (χ4n) is 3.82. The zero-order valence-corrected chi connectivity index (χ0v) is 18.9. The zero-order chi connectivity index (χ0) is 22.8. The highest BCUT2D eigenvalue weighted by molar-refractivity contribution is 6.46. The molecule has 1 aliphatic heterocycles. The minimum Gasteiger partial charge on any atom is -0.494 e. The first-order chi connectivity index (χ1) is 15.4. The summed E-state index contributed by atoms with van der Waals surface area (Å²) in [5, 5.41) is 3.72. The summed E-state index contributed by atoms with van der Waals surface area (Å²) in [5.41, 5.74) is 4.27. The molecule has 0 radical (unpaired) electrons. The monoisotopic (exact) mass is 446 g/mol. The van der Waals surface area contributed by atoms with E-state index in [1.54, 1.807) is 30.3 Å². The Labute approximate surface area is 192 Å². The van der Waals surface area contributed by atoms with Crippen molar-refractivity contribution in [1.82, 2.24) is 0 Å². The Bertz CT molecular complexity index is 1210. The van der Waals surface area contributed by atoms with Crippen molar-refractivity contribution in [2.75, 3.05) is 16.8 Å². The molecular formula is C26H23ClN2O3. The Morgan fingerprint density at radius 3 is 2.25 bits per heavy atom. The van der Waals surface area contributed by atoms with E-state index >= 15 is 0 Å². The van der Waals surface area contributed by atoms with Crippen molar-refractivity contribution in [2.24, 2.45) is 0 Å². The Kier molecular flexibility index (Phi) is 6.01. The first-order valence-electron chi connectivity index (χ1n) is 10.3. The first-order valence-corrected chi connectivity index (χ1v) is 10.7. The van der Waals surface area contributed by atoms with Gasteiger partial charge in [0.05, 0.1) is 17.9 Å². The number of aryl methyl sites for hydroxylation is 2. The second-order valence-corrected chi connectivity index (χ2v) is 8.07. The molecule has 0 bridgehead atoms. The van der Waals surface area contributed by atoms with Gasteiger partial charge in [0.1, 0.15) is 11.4 Å². The molecule has 0 saturated heterocycles. The number of nitrogens with zero attached hydrogens (tertiary/aromatic N) is 1. The maximum atomic E-state index is 13.5. The molecule has 32 heavy (non-hydrogen) atoms. The van der Waals surface area contributed by atoms with Crippen LogP contribution in [0.2, 0.25) is 5.02 Å². The molecule has 0 spiro atoms. The molecule has 0 atom stereocenters. The SMILES string of the molecule is CCOc1cccc(NC2=C(c3ccc(Cl)cc3)C(=O)N(c3cc(C)cc(C)c3)C2=O)c1. The van der Waals surface area contributed by atoms with Crippen LogP contribution >= 0.6 is 11.6 Å². The number of imide groups is 1. The van der Waals surface area contributed by atoms with Gasteiger partial charge in [0.2, 0.25) is 0 Å². The van der Waals surface area contributed by atoms with Gasteiger partial charge >= 0.3 is 0 Å². The second-order valence-electron chi connectivity index (χ2n) is 7.63. The van der Waals surface area contributed by atoms with Gasteiger partial charge in [0, 0.05) is 16.8 Å². The fourth-order valence-corrected chi connectivity index (χ4v) is 3.94. The normalized spacial score (nSPS) is 13.7. The molecule has 1 aliphatic rings. The number of hydrogen-bond donors (Lipinski definition) is 1. The molecule has 5 nitrogen and oxygen atoms in total.